The lowest BCUT2D eigenvalue weighted by atomic mass is 10.1. The highest BCUT2D eigenvalue weighted by molar-refractivity contribution is 9.09. The van der Waals surface area contributed by atoms with E-state index in [4.69, 9.17) is 4.74 Å². The highest BCUT2D eigenvalue weighted by Gasteiger charge is 2.11. The molecular weight excluding hydrogens is 254 g/mol. The first-order chi connectivity index (χ1) is 7.27. The molecule has 82 valence electrons. The first-order valence-corrected chi connectivity index (χ1v) is 6.25. The summed E-state index contributed by atoms with van der Waals surface area (Å²) in [6.45, 7) is 5.84. The molecule has 0 bridgehead atoms. The minimum Gasteiger partial charge on any atom is -0.378 e. The van der Waals surface area contributed by atoms with Crippen LogP contribution in [0.1, 0.15) is 17.3 Å². The smallest absolute Gasteiger partial charge is 0.0642 e. The lowest BCUT2D eigenvalue weighted by Crippen LogP contribution is -2.36. The van der Waals surface area contributed by atoms with Crippen LogP contribution in [0.5, 0.6) is 0 Å². The number of hydrogen-bond donors (Lipinski definition) is 0. The van der Waals surface area contributed by atoms with E-state index in [1.165, 1.54) is 11.3 Å². The van der Waals surface area contributed by atoms with Gasteiger partial charge in [0.05, 0.1) is 13.2 Å². The Morgan fingerprint density at radius 3 is 2.33 bits per heavy atom. The van der Waals surface area contributed by atoms with Crippen molar-refractivity contribution >= 4 is 21.6 Å². The number of nitrogens with zero attached hydrogens (tertiary/aromatic N) is 1. The van der Waals surface area contributed by atoms with Crippen LogP contribution >= 0.6 is 15.9 Å². The molecule has 0 amide bonds. The number of ether oxygens (including phenoxy) is 1. The predicted molar refractivity (Wildman–Crippen MR) is 66.8 cm³/mol. The molecule has 15 heavy (non-hydrogen) atoms. The SMILES string of the molecule is CC(Br)c1ccc(N2CCOCC2)cc1. The van der Waals surface area contributed by atoms with E-state index >= 15 is 0 Å². The maximum absolute atomic E-state index is 5.33. The molecule has 0 radical (unpaired) electrons. The molecule has 1 atom stereocenters. The van der Waals surface area contributed by atoms with Gasteiger partial charge in [0, 0.05) is 23.6 Å². The average Bonchev–Trinajstić information content (AvgIpc) is 2.30. The van der Waals surface area contributed by atoms with Crippen LogP contribution in [-0.2, 0) is 4.74 Å². The summed E-state index contributed by atoms with van der Waals surface area (Å²) >= 11 is 3.57. The molecule has 0 N–H and O–H groups in total. The van der Waals surface area contributed by atoms with Crippen molar-refractivity contribution in [2.24, 2.45) is 0 Å². The Labute approximate surface area is 99.4 Å². The van der Waals surface area contributed by atoms with Gasteiger partial charge in [-0.05, 0) is 24.6 Å². The van der Waals surface area contributed by atoms with E-state index < -0.39 is 0 Å². The number of alkyl halides is 1. The van der Waals surface area contributed by atoms with Crippen LogP contribution in [0.3, 0.4) is 0 Å². The molecule has 0 aliphatic carbocycles. The summed E-state index contributed by atoms with van der Waals surface area (Å²) in [5.41, 5.74) is 2.63. The molecule has 0 aromatic heterocycles. The van der Waals surface area contributed by atoms with Crippen molar-refractivity contribution in [2.75, 3.05) is 31.2 Å². The number of anilines is 1. The second-order valence-electron chi connectivity index (χ2n) is 3.81. The number of morpholine rings is 1. The molecular formula is C12H16BrNO. The van der Waals surface area contributed by atoms with Crippen LogP contribution in [0.4, 0.5) is 5.69 Å². The average molecular weight is 270 g/mol. The van der Waals surface area contributed by atoms with Gasteiger partial charge in [0.15, 0.2) is 0 Å². The van der Waals surface area contributed by atoms with Crippen LogP contribution in [0.25, 0.3) is 0 Å². The third-order valence-electron chi connectivity index (χ3n) is 2.73. The fourth-order valence-electron chi connectivity index (χ4n) is 1.77. The predicted octanol–water partition coefficient (Wildman–Crippen LogP) is 2.98. The maximum atomic E-state index is 5.33. The molecule has 2 rings (SSSR count). The second-order valence-corrected chi connectivity index (χ2v) is 5.18. The molecule has 3 heteroatoms. The zero-order chi connectivity index (χ0) is 10.7. The first kappa shape index (κ1) is 11.0. The highest BCUT2D eigenvalue weighted by Crippen LogP contribution is 2.24. The molecule has 0 spiro atoms. The fourth-order valence-corrected chi connectivity index (χ4v) is 2.08. The van der Waals surface area contributed by atoms with Crippen LogP contribution in [0, 0.1) is 0 Å². The van der Waals surface area contributed by atoms with Crippen LogP contribution in [0.15, 0.2) is 24.3 Å². The Morgan fingerprint density at radius 1 is 1.20 bits per heavy atom. The summed E-state index contributed by atoms with van der Waals surface area (Å²) in [6.07, 6.45) is 0. The van der Waals surface area contributed by atoms with E-state index in [1.54, 1.807) is 0 Å². The number of rotatable bonds is 2. The van der Waals surface area contributed by atoms with Crippen molar-refractivity contribution in [2.45, 2.75) is 11.8 Å². The van der Waals surface area contributed by atoms with Gasteiger partial charge in [0.1, 0.15) is 0 Å². The van der Waals surface area contributed by atoms with Gasteiger partial charge in [-0.3, -0.25) is 0 Å². The third-order valence-corrected chi connectivity index (χ3v) is 3.26. The molecule has 1 aliphatic rings. The van der Waals surface area contributed by atoms with Crippen molar-refractivity contribution < 1.29 is 4.74 Å². The Bertz CT molecular complexity index is 304. The van der Waals surface area contributed by atoms with Gasteiger partial charge in [-0.25, -0.2) is 0 Å². The minimum atomic E-state index is 0.427. The van der Waals surface area contributed by atoms with Crippen LogP contribution < -0.4 is 4.90 Å². The van der Waals surface area contributed by atoms with E-state index in [9.17, 15) is 0 Å². The van der Waals surface area contributed by atoms with Gasteiger partial charge in [-0.15, -0.1) is 0 Å². The zero-order valence-corrected chi connectivity index (χ0v) is 10.5. The maximum Gasteiger partial charge on any atom is 0.0642 e. The second kappa shape index (κ2) is 4.99. The zero-order valence-electron chi connectivity index (χ0n) is 8.95. The summed E-state index contributed by atoms with van der Waals surface area (Å²) in [4.78, 5) is 2.79. The van der Waals surface area contributed by atoms with Crippen molar-refractivity contribution in [1.82, 2.24) is 0 Å². The largest absolute Gasteiger partial charge is 0.378 e. The number of benzene rings is 1. The monoisotopic (exact) mass is 269 g/mol. The molecule has 1 aromatic rings. The topological polar surface area (TPSA) is 12.5 Å². The molecule has 2 nitrogen and oxygen atoms in total. The van der Waals surface area contributed by atoms with Crippen LogP contribution in [0.2, 0.25) is 0 Å². The highest BCUT2D eigenvalue weighted by atomic mass is 79.9. The Morgan fingerprint density at radius 2 is 1.80 bits per heavy atom. The van der Waals surface area contributed by atoms with Gasteiger partial charge in [0.25, 0.3) is 0 Å². The minimum absolute atomic E-state index is 0.427. The molecule has 1 aromatic carbocycles. The molecule has 1 unspecified atom stereocenters. The van der Waals surface area contributed by atoms with Crippen molar-refractivity contribution in [1.29, 1.82) is 0 Å². The fraction of sp³-hybridized carbons (Fsp3) is 0.500. The Balaban J connectivity index is 2.08. The Hall–Kier alpha value is -0.540. The van der Waals surface area contributed by atoms with Gasteiger partial charge in [-0.1, -0.05) is 28.1 Å². The normalized spacial score (nSPS) is 18.9. The van der Waals surface area contributed by atoms with Gasteiger partial charge in [-0.2, -0.15) is 0 Å². The van der Waals surface area contributed by atoms with Gasteiger partial charge < -0.3 is 9.64 Å². The lowest BCUT2D eigenvalue weighted by Gasteiger charge is -2.29. The number of hydrogen-bond acceptors (Lipinski definition) is 2. The van der Waals surface area contributed by atoms with E-state index in [-0.39, 0.29) is 0 Å². The molecule has 1 saturated heterocycles. The summed E-state index contributed by atoms with van der Waals surface area (Å²) in [6, 6.07) is 8.76. The molecule has 0 saturated carbocycles. The standard InChI is InChI=1S/C12H16BrNO/c1-10(13)11-2-4-12(5-3-11)14-6-8-15-9-7-14/h2-5,10H,6-9H2,1H3. The van der Waals surface area contributed by atoms with E-state index in [2.05, 4.69) is 52.0 Å². The first-order valence-electron chi connectivity index (χ1n) is 5.34. The van der Waals surface area contributed by atoms with E-state index in [0.717, 1.165) is 26.3 Å². The van der Waals surface area contributed by atoms with Gasteiger partial charge >= 0.3 is 0 Å². The quantitative estimate of drug-likeness (QED) is 0.766. The molecule has 1 heterocycles. The Kier molecular flexibility index (Phi) is 3.65. The van der Waals surface area contributed by atoms with E-state index in [1.807, 2.05) is 0 Å². The summed E-state index contributed by atoms with van der Waals surface area (Å²) in [5, 5.41) is 0. The van der Waals surface area contributed by atoms with Crippen LogP contribution in [-0.4, -0.2) is 26.3 Å². The molecule has 1 fully saturated rings. The van der Waals surface area contributed by atoms with Crippen molar-refractivity contribution in [3.63, 3.8) is 0 Å². The summed E-state index contributed by atoms with van der Waals surface area (Å²) in [5.74, 6) is 0. The molecule has 1 aliphatic heterocycles. The van der Waals surface area contributed by atoms with Crippen molar-refractivity contribution in [3.05, 3.63) is 29.8 Å². The lowest BCUT2D eigenvalue weighted by molar-refractivity contribution is 0.122. The summed E-state index contributed by atoms with van der Waals surface area (Å²) in [7, 11) is 0. The van der Waals surface area contributed by atoms with Gasteiger partial charge in [0.2, 0.25) is 0 Å². The summed E-state index contributed by atoms with van der Waals surface area (Å²) < 4.78 is 5.33. The van der Waals surface area contributed by atoms with Crippen molar-refractivity contribution in [3.8, 4) is 0 Å². The third kappa shape index (κ3) is 2.73. The number of halogens is 1. The van der Waals surface area contributed by atoms with E-state index in [0.29, 0.717) is 4.83 Å².